The highest BCUT2D eigenvalue weighted by Gasteiger charge is 2.19. The predicted molar refractivity (Wildman–Crippen MR) is 77.6 cm³/mol. The monoisotopic (exact) mass is 336 g/mol. The zero-order chi connectivity index (χ0) is 17.5. The Morgan fingerprint density at radius 2 is 1.52 bits per heavy atom. The normalized spacial score (nSPS) is 11.7. The van der Waals surface area contributed by atoms with Gasteiger partial charge in [0.05, 0.1) is 26.4 Å². The Labute approximate surface area is 133 Å². The van der Waals surface area contributed by atoms with E-state index in [0.717, 1.165) is 0 Å². The zero-order valence-electron chi connectivity index (χ0n) is 12.8. The smallest absolute Gasteiger partial charge is 0.326 e. The first-order chi connectivity index (χ1) is 11.0. The Hall–Kier alpha value is -1.75. The first kappa shape index (κ1) is 21.2. The van der Waals surface area contributed by atoms with Crippen molar-refractivity contribution in [1.82, 2.24) is 10.6 Å². The average molecular weight is 336 g/mol. The number of carboxylic acids is 1. The van der Waals surface area contributed by atoms with Crippen LogP contribution < -0.4 is 10.6 Å². The number of aliphatic hydroxyl groups excluding tert-OH is 2. The summed E-state index contributed by atoms with van der Waals surface area (Å²) in [6.45, 7) is -0.603. The number of aliphatic hydroxyl groups is 2. The van der Waals surface area contributed by atoms with Gasteiger partial charge in [-0.25, -0.2) is 4.79 Å². The molecule has 0 rings (SSSR count). The molecule has 1 unspecified atom stereocenters. The van der Waals surface area contributed by atoms with Crippen LogP contribution in [0, 0.1) is 0 Å². The summed E-state index contributed by atoms with van der Waals surface area (Å²) in [4.78, 5) is 33.8. The van der Waals surface area contributed by atoms with Gasteiger partial charge in [-0.2, -0.15) is 0 Å². The summed E-state index contributed by atoms with van der Waals surface area (Å²) >= 11 is 0. The molecule has 134 valence electrons. The number of nitrogens with one attached hydrogen (secondary N) is 2. The van der Waals surface area contributed by atoms with E-state index in [1.807, 2.05) is 0 Å². The lowest BCUT2D eigenvalue weighted by atomic mass is 10.1. The maximum Gasteiger partial charge on any atom is 0.326 e. The van der Waals surface area contributed by atoms with E-state index >= 15 is 0 Å². The van der Waals surface area contributed by atoms with Gasteiger partial charge in [0, 0.05) is 6.54 Å². The molecule has 0 bridgehead atoms. The first-order valence-corrected chi connectivity index (χ1v) is 7.17. The van der Waals surface area contributed by atoms with Crippen LogP contribution >= 0.6 is 0 Å². The lowest BCUT2D eigenvalue weighted by Gasteiger charge is -2.14. The third kappa shape index (κ3) is 12.5. The number of aliphatic carboxylic acids is 1. The summed E-state index contributed by atoms with van der Waals surface area (Å²) in [5.74, 6) is -2.14. The molecule has 0 saturated heterocycles. The Morgan fingerprint density at radius 1 is 0.957 bits per heavy atom. The van der Waals surface area contributed by atoms with E-state index < -0.39 is 17.9 Å². The van der Waals surface area contributed by atoms with Crippen molar-refractivity contribution in [2.24, 2.45) is 0 Å². The summed E-state index contributed by atoms with van der Waals surface area (Å²) in [7, 11) is 0. The minimum absolute atomic E-state index is 0.00442. The van der Waals surface area contributed by atoms with Crippen molar-refractivity contribution in [1.29, 1.82) is 0 Å². The number of hydrogen-bond acceptors (Lipinski definition) is 7. The van der Waals surface area contributed by atoms with Crippen molar-refractivity contribution in [3.8, 4) is 0 Å². The van der Waals surface area contributed by atoms with Gasteiger partial charge in [-0.05, 0) is 12.8 Å². The highest BCUT2D eigenvalue weighted by atomic mass is 16.5. The molecule has 0 fully saturated rings. The second-order valence-corrected chi connectivity index (χ2v) is 4.50. The van der Waals surface area contributed by atoms with Crippen LogP contribution in [0.1, 0.15) is 12.8 Å². The van der Waals surface area contributed by atoms with Crippen LogP contribution in [0.15, 0.2) is 0 Å². The Morgan fingerprint density at radius 3 is 2.04 bits per heavy atom. The highest BCUT2D eigenvalue weighted by molar-refractivity contribution is 5.84. The second-order valence-electron chi connectivity index (χ2n) is 4.50. The molecule has 10 heteroatoms. The van der Waals surface area contributed by atoms with E-state index in [2.05, 4.69) is 10.6 Å². The van der Waals surface area contributed by atoms with E-state index in [1.54, 1.807) is 0 Å². The molecule has 0 saturated carbocycles. The molecule has 10 nitrogen and oxygen atoms in total. The summed E-state index contributed by atoms with van der Waals surface area (Å²) in [5.41, 5.74) is 0. The fourth-order valence-corrected chi connectivity index (χ4v) is 1.54. The van der Waals surface area contributed by atoms with Crippen LogP contribution in [0.3, 0.4) is 0 Å². The number of carbonyl (C=O) groups excluding carboxylic acids is 2. The van der Waals surface area contributed by atoms with Gasteiger partial charge in [0.15, 0.2) is 0 Å². The lowest BCUT2D eigenvalue weighted by Crippen LogP contribution is -2.43. The molecule has 5 N–H and O–H groups in total. The molecule has 0 aromatic rings. The van der Waals surface area contributed by atoms with E-state index in [1.165, 1.54) is 0 Å². The van der Waals surface area contributed by atoms with Crippen LogP contribution in [-0.4, -0.2) is 85.3 Å². The standard InChI is InChI=1S/C13H24N2O8/c16-4-6-22-8-11(18)14-3-1-2-10(13(20)21)15-12(19)9-23-7-5-17/h10,16-17H,1-9H2,(H,14,18)(H,15,19)(H,20,21). The number of hydrogen-bond donors (Lipinski definition) is 5. The molecule has 1 atom stereocenters. The van der Waals surface area contributed by atoms with Gasteiger partial charge in [0.1, 0.15) is 19.3 Å². The fourth-order valence-electron chi connectivity index (χ4n) is 1.54. The van der Waals surface area contributed by atoms with Gasteiger partial charge in [0.25, 0.3) is 0 Å². The van der Waals surface area contributed by atoms with Crippen molar-refractivity contribution in [2.45, 2.75) is 18.9 Å². The Bertz CT molecular complexity index is 364. The molecule has 0 aliphatic heterocycles. The third-order valence-electron chi connectivity index (χ3n) is 2.56. The third-order valence-corrected chi connectivity index (χ3v) is 2.56. The van der Waals surface area contributed by atoms with Crippen LogP contribution in [0.5, 0.6) is 0 Å². The van der Waals surface area contributed by atoms with Gasteiger partial charge in [-0.3, -0.25) is 9.59 Å². The molecule has 23 heavy (non-hydrogen) atoms. The summed E-state index contributed by atoms with van der Waals surface area (Å²) in [6.07, 6.45) is 0.485. The molecule has 0 heterocycles. The summed E-state index contributed by atoms with van der Waals surface area (Å²) in [6, 6.07) is -1.08. The Balaban J connectivity index is 3.90. The molecule has 0 aliphatic carbocycles. The van der Waals surface area contributed by atoms with E-state index in [9.17, 15) is 14.4 Å². The zero-order valence-corrected chi connectivity index (χ0v) is 12.8. The van der Waals surface area contributed by atoms with Crippen LogP contribution in [0.25, 0.3) is 0 Å². The SMILES string of the molecule is O=C(COCCO)NCCCC(NC(=O)COCCO)C(=O)O. The molecular weight excluding hydrogens is 312 g/mol. The van der Waals surface area contributed by atoms with Gasteiger partial charge in [-0.1, -0.05) is 0 Å². The van der Waals surface area contributed by atoms with Crippen molar-refractivity contribution in [3.05, 3.63) is 0 Å². The lowest BCUT2D eigenvalue weighted by molar-refractivity contribution is -0.142. The summed E-state index contributed by atoms with van der Waals surface area (Å²) < 4.78 is 9.60. The van der Waals surface area contributed by atoms with E-state index in [0.29, 0.717) is 6.42 Å². The highest BCUT2D eigenvalue weighted by Crippen LogP contribution is 1.97. The van der Waals surface area contributed by atoms with E-state index in [-0.39, 0.29) is 58.5 Å². The largest absolute Gasteiger partial charge is 0.480 e. The molecule has 0 radical (unpaired) electrons. The maximum absolute atomic E-state index is 11.4. The molecule has 0 spiro atoms. The van der Waals surface area contributed by atoms with Crippen LogP contribution in [0.4, 0.5) is 0 Å². The van der Waals surface area contributed by atoms with Gasteiger partial charge < -0.3 is 35.4 Å². The Kier molecular flexibility index (Phi) is 12.8. The number of carbonyl (C=O) groups is 3. The van der Waals surface area contributed by atoms with Crippen LogP contribution in [-0.2, 0) is 23.9 Å². The van der Waals surface area contributed by atoms with E-state index in [4.69, 9.17) is 24.8 Å². The summed E-state index contributed by atoms with van der Waals surface area (Å²) in [5, 5.41) is 30.8. The van der Waals surface area contributed by atoms with Crippen molar-refractivity contribution in [2.75, 3.05) is 46.2 Å². The fraction of sp³-hybridized carbons (Fsp3) is 0.769. The number of carboxylic acid groups (broad SMARTS) is 1. The number of ether oxygens (including phenoxy) is 2. The van der Waals surface area contributed by atoms with Gasteiger partial charge in [0.2, 0.25) is 11.8 Å². The average Bonchev–Trinajstić information content (AvgIpc) is 2.50. The predicted octanol–water partition coefficient (Wildman–Crippen LogP) is -2.53. The topological polar surface area (TPSA) is 154 Å². The van der Waals surface area contributed by atoms with Crippen molar-refractivity contribution >= 4 is 17.8 Å². The molecule has 0 aliphatic rings. The number of rotatable bonds is 14. The van der Waals surface area contributed by atoms with Gasteiger partial charge in [-0.15, -0.1) is 0 Å². The number of amides is 2. The molecule has 0 aromatic carbocycles. The quantitative estimate of drug-likeness (QED) is 0.218. The first-order valence-electron chi connectivity index (χ1n) is 7.17. The maximum atomic E-state index is 11.4. The minimum atomic E-state index is -1.18. The molecule has 0 aromatic heterocycles. The van der Waals surface area contributed by atoms with Crippen LogP contribution in [0.2, 0.25) is 0 Å². The minimum Gasteiger partial charge on any atom is -0.480 e. The second kappa shape index (κ2) is 13.9. The van der Waals surface area contributed by atoms with Crippen molar-refractivity contribution in [3.63, 3.8) is 0 Å². The van der Waals surface area contributed by atoms with Crippen molar-refractivity contribution < 1.29 is 39.2 Å². The molecule has 2 amide bonds. The molecular formula is C13H24N2O8. The van der Waals surface area contributed by atoms with Gasteiger partial charge >= 0.3 is 5.97 Å².